The number of hydrogen-bond donors (Lipinski definition) is 0. The lowest BCUT2D eigenvalue weighted by atomic mass is 10.0. The molecular weight excluding hydrogens is 476 g/mol. The number of ether oxygens (including phenoxy) is 4. The Kier molecular flexibility index (Phi) is 7.30. The van der Waals surface area contributed by atoms with E-state index in [1.807, 2.05) is 17.5 Å². The van der Waals surface area contributed by atoms with Crippen LogP contribution in [0.3, 0.4) is 0 Å². The second-order valence-electron chi connectivity index (χ2n) is 7.33. The van der Waals surface area contributed by atoms with E-state index in [4.69, 9.17) is 18.9 Å². The summed E-state index contributed by atoms with van der Waals surface area (Å²) in [7, 11) is 4.69. The van der Waals surface area contributed by atoms with E-state index >= 15 is 0 Å². The van der Waals surface area contributed by atoms with Crippen LogP contribution in [-0.2, 0) is 14.3 Å². The molecule has 0 saturated carbocycles. The number of carbonyl (C=O) groups excluding carboxylic acids is 1. The van der Waals surface area contributed by atoms with Crippen LogP contribution in [0.5, 0.6) is 11.5 Å². The summed E-state index contributed by atoms with van der Waals surface area (Å²) in [5, 5.41) is 1.91. The van der Waals surface area contributed by atoms with Crippen molar-refractivity contribution in [3.05, 3.63) is 77.1 Å². The number of nitrogens with zero attached hydrogens (tertiary/aromatic N) is 2. The summed E-state index contributed by atoms with van der Waals surface area (Å²) in [6, 6.07) is 8.55. The maximum absolute atomic E-state index is 13.6. The van der Waals surface area contributed by atoms with E-state index in [1.54, 1.807) is 50.0 Å². The summed E-state index contributed by atoms with van der Waals surface area (Å²) in [5.41, 5.74) is 1.32. The van der Waals surface area contributed by atoms with Crippen LogP contribution in [0.2, 0.25) is 0 Å². The zero-order valence-electron chi connectivity index (χ0n) is 19.2. The van der Waals surface area contributed by atoms with Crippen molar-refractivity contribution in [1.82, 2.24) is 4.57 Å². The average Bonchev–Trinajstić information content (AvgIpc) is 3.47. The molecule has 0 bridgehead atoms. The third kappa shape index (κ3) is 4.56. The molecule has 10 heteroatoms. The van der Waals surface area contributed by atoms with Crippen molar-refractivity contribution in [1.29, 1.82) is 0 Å². The number of fused-ring (bicyclic) bond motifs is 1. The van der Waals surface area contributed by atoms with Gasteiger partial charge in [0.25, 0.3) is 5.56 Å². The molecule has 1 unspecified atom stereocenters. The Bertz CT molecular complexity index is 1400. The van der Waals surface area contributed by atoms with Crippen molar-refractivity contribution in [2.75, 3.05) is 34.5 Å². The van der Waals surface area contributed by atoms with E-state index in [-0.39, 0.29) is 18.8 Å². The zero-order valence-corrected chi connectivity index (χ0v) is 20.8. The Balaban J connectivity index is 1.87. The molecule has 0 saturated heterocycles. The van der Waals surface area contributed by atoms with E-state index < -0.39 is 12.0 Å². The van der Waals surface area contributed by atoms with Gasteiger partial charge in [-0.2, -0.15) is 0 Å². The SMILES string of the molecule is COCCOC(=O)C1=C(C)N=c2s/c(=C/c3cc(OC)ccc3OC)c(=O)n2C1c1cccs1. The summed E-state index contributed by atoms with van der Waals surface area (Å²) in [4.78, 5) is 32.6. The number of benzene rings is 1. The van der Waals surface area contributed by atoms with Gasteiger partial charge in [-0.3, -0.25) is 9.36 Å². The average molecular weight is 501 g/mol. The minimum absolute atomic E-state index is 0.114. The van der Waals surface area contributed by atoms with E-state index in [0.29, 0.717) is 37.7 Å². The molecule has 0 spiro atoms. The van der Waals surface area contributed by atoms with Crippen LogP contribution >= 0.6 is 22.7 Å². The number of aromatic nitrogens is 1. The molecule has 34 heavy (non-hydrogen) atoms. The van der Waals surface area contributed by atoms with Crippen LogP contribution in [0.25, 0.3) is 6.08 Å². The monoisotopic (exact) mass is 500 g/mol. The van der Waals surface area contributed by atoms with E-state index in [9.17, 15) is 9.59 Å². The molecule has 3 heterocycles. The maximum Gasteiger partial charge on any atom is 0.338 e. The molecule has 2 aromatic heterocycles. The van der Waals surface area contributed by atoms with Gasteiger partial charge < -0.3 is 18.9 Å². The van der Waals surface area contributed by atoms with Gasteiger partial charge in [0, 0.05) is 17.6 Å². The number of hydrogen-bond acceptors (Lipinski definition) is 9. The number of carbonyl (C=O) groups is 1. The second kappa shape index (κ2) is 10.4. The Morgan fingerprint density at radius 3 is 2.68 bits per heavy atom. The highest BCUT2D eigenvalue weighted by atomic mass is 32.1. The quantitative estimate of drug-likeness (QED) is 0.349. The lowest BCUT2D eigenvalue weighted by molar-refractivity contribution is -0.140. The Morgan fingerprint density at radius 1 is 1.18 bits per heavy atom. The van der Waals surface area contributed by atoms with Crippen molar-refractivity contribution < 1.29 is 23.7 Å². The molecule has 0 N–H and O–H groups in total. The first-order valence-corrected chi connectivity index (χ1v) is 12.1. The highest BCUT2D eigenvalue weighted by Gasteiger charge is 2.34. The molecule has 0 radical (unpaired) electrons. The fourth-order valence-corrected chi connectivity index (χ4v) is 5.55. The Morgan fingerprint density at radius 2 is 2.00 bits per heavy atom. The highest BCUT2D eigenvalue weighted by molar-refractivity contribution is 7.10. The van der Waals surface area contributed by atoms with Crippen molar-refractivity contribution in [2.45, 2.75) is 13.0 Å². The maximum atomic E-state index is 13.6. The number of thiophene rings is 1. The van der Waals surface area contributed by atoms with Crippen molar-refractivity contribution in [2.24, 2.45) is 4.99 Å². The van der Waals surface area contributed by atoms with Crippen LogP contribution in [0.1, 0.15) is 23.4 Å². The molecule has 4 rings (SSSR count). The fraction of sp³-hybridized carbons (Fsp3) is 0.292. The van der Waals surface area contributed by atoms with E-state index in [1.165, 1.54) is 29.8 Å². The van der Waals surface area contributed by atoms with Gasteiger partial charge in [0.1, 0.15) is 24.1 Å². The molecular formula is C24H24N2O6S2. The lowest BCUT2D eigenvalue weighted by Gasteiger charge is -2.23. The molecule has 3 aromatic rings. The highest BCUT2D eigenvalue weighted by Crippen LogP contribution is 2.33. The van der Waals surface area contributed by atoms with Crippen LogP contribution < -0.4 is 24.4 Å². The van der Waals surface area contributed by atoms with Gasteiger partial charge in [-0.1, -0.05) is 17.4 Å². The largest absolute Gasteiger partial charge is 0.497 e. The summed E-state index contributed by atoms with van der Waals surface area (Å²) >= 11 is 2.73. The first kappa shape index (κ1) is 23.9. The summed E-state index contributed by atoms with van der Waals surface area (Å²) < 4.78 is 23.2. The second-order valence-corrected chi connectivity index (χ2v) is 9.32. The van der Waals surface area contributed by atoms with Gasteiger partial charge in [-0.05, 0) is 42.6 Å². The van der Waals surface area contributed by atoms with Gasteiger partial charge in [0.2, 0.25) is 0 Å². The third-order valence-corrected chi connectivity index (χ3v) is 7.21. The molecule has 0 amide bonds. The lowest BCUT2D eigenvalue weighted by Crippen LogP contribution is -2.39. The number of allylic oxidation sites excluding steroid dienone is 1. The van der Waals surface area contributed by atoms with Crippen LogP contribution in [0.15, 0.2) is 56.8 Å². The van der Waals surface area contributed by atoms with Gasteiger partial charge >= 0.3 is 5.97 Å². The molecule has 1 atom stereocenters. The predicted octanol–water partition coefficient (Wildman–Crippen LogP) is 2.50. The van der Waals surface area contributed by atoms with Gasteiger partial charge in [0.15, 0.2) is 4.80 Å². The molecule has 8 nitrogen and oxygen atoms in total. The third-order valence-electron chi connectivity index (χ3n) is 5.30. The standard InChI is InChI=1S/C24H24N2O6S2/c1-14-20(23(28)32-10-9-29-2)21(18-6-5-11-33-18)26-22(27)19(34-24(26)25-14)13-15-12-16(30-3)7-8-17(15)31-4/h5-8,11-13,21H,9-10H2,1-4H3/b19-13+. The van der Waals surface area contributed by atoms with E-state index in [2.05, 4.69) is 4.99 Å². The van der Waals surface area contributed by atoms with Crippen LogP contribution in [0.4, 0.5) is 0 Å². The molecule has 1 aliphatic heterocycles. The summed E-state index contributed by atoms with van der Waals surface area (Å²) in [6.45, 7) is 2.16. The van der Waals surface area contributed by atoms with Gasteiger partial charge in [0.05, 0.1) is 36.6 Å². The Labute approximate surface area is 204 Å². The normalized spacial score (nSPS) is 15.6. The van der Waals surface area contributed by atoms with Gasteiger partial charge in [-0.15, -0.1) is 11.3 Å². The van der Waals surface area contributed by atoms with Crippen LogP contribution in [0, 0.1) is 0 Å². The first-order valence-electron chi connectivity index (χ1n) is 10.4. The molecule has 178 valence electrons. The van der Waals surface area contributed by atoms with Crippen molar-refractivity contribution >= 4 is 34.7 Å². The summed E-state index contributed by atoms with van der Waals surface area (Å²) in [5.74, 6) is 0.744. The van der Waals surface area contributed by atoms with Gasteiger partial charge in [-0.25, -0.2) is 9.79 Å². The Hall–Kier alpha value is -3.21. The number of esters is 1. The van der Waals surface area contributed by atoms with Crippen molar-refractivity contribution in [3.63, 3.8) is 0 Å². The van der Waals surface area contributed by atoms with Crippen molar-refractivity contribution in [3.8, 4) is 11.5 Å². The van der Waals surface area contributed by atoms with Crippen LogP contribution in [-0.4, -0.2) is 45.1 Å². The fourth-order valence-electron chi connectivity index (χ4n) is 3.69. The smallest absolute Gasteiger partial charge is 0.338 e. The zero-order chi connectivity index (χ0) is 24.2. The predicted molar refractivity (Wildman–Crippen MR) is 130 cm³/mol. The minimum Gasteiger partial charge on any atom is -0.497 e. The topological polar surface area (TPSA) is 88.4 Å². The minimum atomic E-state index is -0.624. The first-order chi connectivity index (χ1) is 16.5. The number of methoxy groups -OCH3 is 3. The summed E-state index contributed by atoms with van der Waals surface area (Å²) in [6.07, 6.45) is 1.76. The molecule has 0 fully saturated rings. The van der Waals surface area contributed by atoms with E-state index in [0.717, 1.165) is 4.88 Å². The molecule has 1 aromatic carbocycles. The number of rotatable bonds is 8. The number of thiazole rings is 1. The molecule has 0 aliphatic carbocycles. The molecule has 1 aliphatic rings.